The lowest BCUT2D eigenvalue weighted by atomic mass is 9.73. The van der Waals surface area contributed by atoms with Gasteiger partial charge >= 0.3 is 24.2 Å². The van der Waals surface area contributed by atoms with Crippen LogP contribution in [0.5, 0.6) is 0 Å². The van der Waals surface area contributed by atoms with Crippen molar-refractivity contribution in [1.29, 1.82) is 0 Å². The number of aliphatic hydroxyl groups is 1. The van der Waals surface area contributed by atoms with Gasteiger partial charge in [-0.15, -0.1) is 0 Å². The Hall–Kier alpha value is -3.54. The van der Waals surface area contributed by atoms with Gasteiger partial charge in [0.25, 0.3) is 0 Å². The summed E-state index contributed by atoms with van der Waals surface area (Å²) in [6.07, 6.45) is -7.04. The standard InChI is InChI=1S/C48H74ClN3O13/c1-14-36-48(11)40(51(44(56)65-48)21-20-32-16-18-33(49)19-17-32)29(7)37(53)27(5)24-47(10,59-13)41(64-43-38(54)35(50(12)15-2)23-28(6)61-43)30(8)39(31(9)42(55)62-36)63-46(58)52-34(22-26(3)4)25-60-45(52)57/h16-19,26-31,34-36,38-41,43,54H,14-15,20-25H2,1-13H3/t27-,28-,29-,30+,31-,34-,35+,36+,38-,39+,40-,41-,43+,47+,48-/m1/s1. The van der Waals surface area contributed by atoms with Gasteiger partial charge in [-0.2, -0.15) is 0 Å². The molecule has 65 heavy (non-hydrogen) atoms. The molecule has 1 N–H and O–H groups in total. The van der Waals surface area contributed by atoms with Crippen LogP contribution in [-0.2, 0) is 49.2 Å². The Labute approximate surface area is 390 Å². The Morgan fingerprint density at radius 2 is 1.68 bits per heavy atom. The Kier molecular flexibility index (Phi) is 17.4. The summed E-state index contributed by atoms with van der Waals surface area (Å²) in [7, 11) is 3.40. The van der Waals surface area contributed by atoms with Crippen molar-refractivity contribution in [3.8, 4) is 0 Å². The summed E-state index contributed by atoms with van der Waals surface area (Å²) in [5.74, 6) is -4.57. The van der Waals surface area contributed by atoms with E-state index in [1.54, 1.807) is 65.5 Å². The lowest BCUT2D eigenvalue weighted by Gasteiger charge is -2.48. The number of carbonyl (C=O) groups excluding carboxylic acids is 5. The van der Waals surface area contributed by atoms with Crippen LogP contribution in [0.25, 0.3) is 0 Å². The summed E-state index contributed by atoms with van der Waals surface area (Å²) >= 11 is 6.16. The molecular weight excluding hydrogens is 862 g/mol. The van der Waals surface area contributed by atoms with Gasteiger partial charge in [0.1, 0.15) is 30.7 Å². The van der Waals surface area contributed by atoms with Gasteiger partial charge in [0.15, 0.2) is 11.9 Å². The van der Waals surface area contributed by atoms with E-state index in [-0.39, 0.29) is 49.8 Å². The first kappa shape index (κ1) is 52.4. The van der Waals surface area contributed by atoms with Crippen LogP contribution >= 0.6 is 11.6 Å². The predicted molar refractivity (Wildman–Crippen MR) is 241 cm³/mol. The number of amides is 3. The van der Waals surface area contributed by atoms with Crippen molar-refractivity contribution >= 4 is 41.6 Å². The van der Waals surface area contributed by atoms with Crippen LogP contribution in [0, 0.1) is 29.6 Å². The average molecular weight is 937 g/mol. The highest BCUT2D eigenvalue weighted by Crippen LogP contribution is 2.44. The van der Waals surface area contributed by atoms with E-state index in [0.717, 1.165) is 10.5 Å². The van der Waals surface area contributed by atoms with Gasteiger partial charge in [0.05, 0.1) is 35.8 Å². The van der Waals surface area contributed by atoms with E-state index in [1.165, 1.54) is 7.11 Å². The minimum Gasteiger partial charge on any atom is -0.458 e. The average Bonchev–Trinajstić information content (AvgIpc) is 3.75. The molecule has 16 nitrogen and oxygen atoms in total. The van der Waals surface area contributed by atoms with Crippen LogP contribution in [0.2, 0.25) is 5.02 Å². The maximum atomic E-state index is 15.0. The molecule has 15 atom stereocenters. The molecule has 0 spiro atoms. The second-order valence-corrected chi connectivity index (χ2v) is 20.1. The fourth-order valence-electron chi connectivity index (χ4n) is 10.7. The van der Waals surface area contributed by atoms with E-state index in [2.05, 4.69) is 0 Å². The first-order valence-corrected chi connectivity index (χ1v) is 23.8. The van der Waals surface area contributed by atoms with Crippen molar-refractivity contribution in [2.24, 2.45) is 29.6 Å². The minimum absolute atomic E-state index is 0.0163. The largest absolute Gasteiger partial charge is 0.458 e. The van der Waals surface area contributed by atoms with Gasteiger partial charge in [0, 0.05) is 42.5 Å². The van der Waals surface area contributed by atoms with Crippen molar-refractivity contribution in [1.82, 2.24) is 14.7 Å². The molecule has 5 rings (SSSR count). The SMILES string of the molecule is CC[C@@H]1OC(=O)[C@H](C)[C@@H](OC(=O)N2C(=O)OC[C@H]2CC(C)C)[C@H](C)[C@@H](O[C@@H]2O[C@H](C)C[C@H](N(C)CC)[C@H]2O)[C@@](C)(OC)C[C@@H](C)C(=O)[C@@H](C)[C@H]2N(CCc3ccc(Cl)cc3)C(=O)O[C@]12C. The number of fused-ring (bicyclic) bond motifs is 1. The molecule has 4 heterocycles. The molecule has 17 heteroatoms. The van der Waals surface area contributed by atoms with E-state index in [1.807, 2.05) is 51.8 Å². The first-order chi connectivity index (χ1) is 30.5. The fourth-order valence-corrected chi connectivity index (χ4v) is 10.8. The van der Waals surface area contributed by atoms with Crippen molar-refractivity contribution < 1.29 is 62.2 Å². The van der Waals surface area contributed by atoms with E-state index in [0.29, 0.717) is 30.8 Å². The summed E-state index contributed by atoms with van der Waals surface area (Å²) in [5.41, 5.74) is -1.95. The molecule has 4 aliphatic rings. The lowest BCUT2D eigenvalue weighted by molar-refractivity contribution is -0.301. The van der Waals surface area contributed by atoms with Crippen molar-refractivity contribution in [3.05, 3.63) is 34.9 Å². The quantitative estimate of drug-likeness (QED) is 0.163. The zero-order chi connectivity index (χ0) is 48.3. The zero-order valence-corrected chi connectivity index (χ0v) is 41.4. The number of aliphatic hydroxyl groups excluding tert-OH is 1. The van der Waals surface area contributed by atoms with Gasteiger partial charge in [-0.25, -0.2) is 19.3 Å². The highest BCUT2D eigenvalue weighted by Gasteiger charge is 2.61. The Balaban J connectivity index is 1.63. The van der Waals surface area contributed by atoms with Gasteiger partial charge < -0.3 is 43.2 Å². The van der Waals surface area contributed by atoms with Crippen LogP contribution in [0.1, 0.15) is 107 Å². The number of imide groups is 1. The Bertz CT molecular complexity index is 1840. The molecular formula is C48H74ClN3O13. The predicted octanol–water partition coefficient (Wildman–Crippen LogP) is 7.28. The molecule has 4 saturated heterocycles. The molecule has 0 radical (unpaired) electrons. The zero-order valence-electron chi connectivity index (χ0n) is 40.6. The number of Topliss-reactive ketones (excluding diaryl/α,β-unsaturated/α-hetero) is 1. The number of carbonyl (C=O) groups is 5. The summed E-state index contributed by atoms with van der Waals surface area (Å²) < 4.78 is 43.9. The molecule has 366 valence electrons. The second-order valence-electron chi connectivity index (χ2n) is 19.7. The van der Waals surface area contributed by atoms with Crippen LogP contribution in [0.15, 0.2) is 24.3 Å². The smallest absolute Gasteiger partial charge is 0.419 e. The number of halogens is 1. The van der Waals surface area contributed by atoms with Crippen LogP contribution in [-0.4, -0.2) is 150 Å². The summed E-state index contributed by atoms with van der Waals surface area (Å²) in [5, 5.41) is 12.5. The first-order valence-electron chi connectivity index (χ1n) is 23.4. The molecule has 0 saturated carbocycles. The second kappa shape index (κ2) is 21.6. The number of nitrogens with zero attached hydrogens (tertiary/aromatic N) is 3. The maximum Gasteiger partial charge on any atom is 0.419 e. The van der Waals surface area contributed by atoms with Gasteiger partial charge in [-0.05, 0) is 97.0 Å². The van der Waals surface area contributed by atoms with Gasteiger partial charge in [0.2, 0.25) is 0 Å². The number of esters is 1. The number of ketones is 1. The number of methoxy groups -OCH3 is 1. The number of likely N-dealkylation sites (N-methyl/N-ethyl adjacent to an activating group) is 1. The normalized spacial score (nSPS) is 37.5. The Morgan fingerprint density at radius 3 is 2.28 bits per heavy atom. The van der Waals surface area contributed by atoms with E-state index in [4.69, 9.17) is 44.8 Å². The molecule has 1 aromatic rings. The fraction of sp³-hybridized carbons (Fsp3) is 0.771. The third-order valence-corrected chi connectivity index (χ3v) is 14.7. The number of ether oxygens (including phenoxy) is 7. The number of benzene rings is 1. The van der Waals surface area contributed by atoms with E-state index >= 15 is 0 Å². The lowest BCUT2D eigenvalue weighted by Crippen LogP contribution is -2.61. The number of rotatable bonds is 12. The number of cyclic esters (lactones) is 2. The third-order valence-electron chi connectivity index (χ3n) is 14.4. The summed E-state index contributed by atoms with van der Waals surface area (Å²) in [4.78, 5) is 75.9. The maximum absolute atomic E-state index is 15.0. The molecule has 4 fully saturated rings. The summed E-state index contributed by atoms with van der Waals surface area (Å²) in [6.45, 7) is 20.8. The third kappa shape index (κ3) is 11.3. The Morgan fingerprint density at radius 1 is 1.02 bits per heavy atom. The van der Waals surface area contributed by atoms with Gasteiger partial charge in [-0.3, -0.25) is 14.5 Å². The summed E-state index contributed by atoms with van der Waals surface area (Å²) in [6, 6.07) is 5.46. The van der Waals surface area contributed by atoms with E-state index in [9.17, 15) is 29.1 Å². The van der Waals surface area contributed by atoms with Gasteiger partial charge in [-0.1, -0.05) is 72.2 Å². The highest BCUT2D eigenvalue weighted by molar-refractivity contribution is 6.30. The molecule has 3 amide bonds. The van der Waals surface area contributed by atoms with Crippen molar-refractivity contribution in [3.63, 3.8) is 0 Å². The molecule has 0 bridgehead atoms. The molecule has 4 aliphatic heterocycles. The topological polar surface area (TPSA) is 180 Å². The van der Waals surface area contributed by atoms with E-state index < -0.39 is 102 Å². The molecule has 0 aromatic heterocycles. The van der Waals surface area contributed by atoms with Crippen LogP contribution in [0.3, 0.4) is 0 Å². The number of hydrogen-bond acceptors (Lipinski definition) is 14. The monoisotopic (exact) mass is 935 g/mol. The van der Waals surface area contributed by atoms with Crippen molar-refractivity contribution in [2.75, 3.05) is 33.9 Å². The van der Waals surface area contributed by atoms with Crippen LogP contribution in [0.4, 0.5) is 14.4 Å². The molecule has 0 aliphatic carbocycles. The minimum atomic E-state index is -1.50. The molecule has 0 unspecified atom stereocenters. The molecule has 1 aromatic carbocycles. The van der Waals surface area contributed by atoms with Crippen LogP contribution < -0.4 is 0 Å². The van der Waals surface area contributed by atoms with Crippen molar-refractivity contribution in [2.45, 2.75) is 174 Å². The highest BCUT2D eigenvalue weighted by atomic mass is 35.5. The number of hydrogen-bond donors (Lipinski definition) is 1.